The first kappa shape index (κ1) is 8.78. The Balaban J connectivity index is 0.000000640. The maximum atomic E-state index is 11.9. The molecule has 1 heterocycles. The van der Waals surface area contributed by atoms with Gasteiger partial charge in [0.1, 0.15) is 0 Å². The van der Waals surface area contributed by atoms with Crippen molar-refractivity contribution in [3.05, 3.63) is 0 Å². The van der Waals surface area contributed by atoms with Gasteiger partial charge in [-0.25, -0.2) is 0 Å². The van der Waals surface area contributed by atoms with Gasteiger partial charge in [0.15, 0.2) is 0 Å². The van der Waals surface area contributed by atoms with E-state index in [1.807, 2.05) is 0 Å². The maximum absolute atomic E-state index is 11.9. The summed E-state index contributed by atoms with van der Waals surface area (Å²) in [5, 5.41) is 2.26. The van der Waals surface area contributed by atoms with Crippen LogP contribution in [0.1, 0.15) is 0 Å². The van der Waals surface area contributed by atoms with E-state index in [9.17, 15) is 13.6 Å². The molecule has 1 saturated heterocycles. The van der Waals surface area contributed by atoms with Crippen molar-refractivity contribution in [1.29, 1.82) is 0 Å². The van der Waals surface area contributed by atoms with E-state index in [0.717, 1.165) is 0 Å². The Labute approximate surface area is 57.0 Å². The first-order chi connectivity index (χ1) is 3.63. The third kappa shape index (κ3) is 1.59. The van der Waals surface area contributed by atoms with Gasteiger partial charge in [-0.05, 0) is 0 Å². The van der Waals surface area contributed by atoms with Crippen molar-refractivity contribution < 1.29 is 13.6 Å². The van der Waals surface area contributed by atoms with Gasteiger partial charge in [0.05, 0.1) is 13.1 Å². The predicted octanol–water partition coefficient (Wildman–Crippen LogP) is 0.216. The van der Waals surface area contributed by atoms with Crippen LogP contribution >= 0.6 is 12.4 Å². The molecule has 0 aromatic rings. The lowest BCUT2D eigenvalue weighted by atomic mass is 10.3. The van der Waals surface area contributed by atoms with E-state index < -0.39 is 18.3 Å². The van der Waals surface area contributed by atoms with Crippen molar-refractivity contribution in [2.24, 2.45) is 0 Å². The zero-order chi connectivity index (χ0) is 6.20. The second-order valence-electron chi connectivity index (χ2n) is 1.73. The zero-order valence-electron chi connectivity index (χ0n) is 4.49. The number of carbonyl (C=O) groups excluding carboxylic acids is 1. The van der Waals surface area contributed by atoms with Crippen LogP contribution in [-0.4, -0.2) is 24.8 Å². The van der Waals surface area contributed by atoms with Crippen LogP contribution in [0.4, 0.5) is 8.78 Å². The van der Waals surface area contributed by atoms with Gasteiger partial charge in [0.2, 0.25) is 5.78 Å². The summed E-state index contributed by atoms with van der Waals surface area (Å²) in [4.78, 5) is 10.1. The standard InChI is InChI=1S/C4H5F2NO.ClH/c5-4(6)2-7-1-3(4)8;/h7H,1-2H2;1H. The molecule has 9 heavy (non-hydrogen) atoms. The number of hydrogen-bond donors (Lipinski definition) is 1. The molecule has 0 bridgehead atoms. The normalized spacial score (nSPS) is 23.6. The van der Waals surface area contributed by atoms with Crippen LogP contribution < -0.4 is 5.32 Å². The largest absolute Gasteiger partial charge is 0.318 e. The minimum atomic E-state index is -3.10. The molecule has 0 aliphatic carbocycles. The Morgan fingerprint density at radius 3 is 2.22 bits per heavy atom. The summed E-state index contributed by atoms with van der Waals surface area (Å²) < 4.78 is 23.9. The summed E-state index contributed by atoms with van der Waals surface area (Å²) in [6.45, 7) is -0.682. The quantitative estimate of drug-likeness (QED) is 0.545. The van der Waals surface area contributed by atoms with E-state index in [1.165, 1.54) is 0 Å². The highest BCUT2D eigenvalue weighted by molar-refractivity contribution is 5.89. The summed E-state index contributed by atoms with van der Waals surface area (Å²) in [7, 11) is 0. The molecular weight excluding hydrogens is 151 g/mol. The van der Waals surface area contributed by atoms with E-state index in [0.29, 0.717) is 0 Å². The molecule has 0 amide bonds. The summed E-state index contributed by atoms with van der Waals surface area (Å²) >= 11 is 0. The highest BCUT2D eigenvalue weighted by atomic mass is 35.5. The maximum Gasteiger partial charge on any atom is 0.318 e. The van der Waals surface area contributed by atoms with E-state index >= 15 is 0 Å². The van der Waals surface area contributed by atoms with Gasteiger partial charge in [0, 0.05) is 0 Å². The molecule has 1 rings (SSSR count). The van der Waals surface area contributed by atoms with Crippen LogP contribution in [0.3, 0.4) is 0 Å². The zero-order valence-corrected chi connectivity index (χ0v) is 5.30. The third-order valence-corrected chi connectivity index (χ3v) is 1.04. The molecule has 0 saturated carbocycles. The van der Waals surface area contributed by atoms with Crippen LogP contribution in [-0.2, 0) is 4.79 Å². The lowest BCUT2D eigenvalue weighted by molar-refractivity contribution is -0.135. The second-order valence-corrected chi connectivity index (χ2v) is 1.73. The van der Waals surface area contributed by atoms with E-state index in [2.05, 4.69) is 5.32 Å². The number of carbonyl (C=O) groups is 1. The number of rotatable bonds is 0. The molecule has 1 fully saturated rings. The first-order valence-corrected chi connectivity index (χ1v) is 2.25. The van der Waals surface area contributed by atoms with Gasteiger partial charge in [-0.3, -0.25) is 4.79 Å². The second kappa shape index (κ2) is 2.58. The number of hydrogen-bond acceptors (Lipinski definition) is 2. The van der Waals surface area contributed by atoms with Crippen LogP contribution in [0, 0.1) is 0 Å². The van der Waals surface area contributed by atoms with E-state index in [4.69, 9.17) is 0 Å². The van der Waals surface area contributed by atoms with Gasteiger partial charge in [-0.2, -0.15) is 8.78 Å². The smallest absolute Gasteiger partial charge is 0.304 e. The highest BCUT2D eigenvalue weighted by Gasteiger charge is 2.42. The van der Waals surface area contributed by atoms with Gasteiger partial charge >= 0.3 is 5.92 Å². The van der Waals surface area contributed by atoms with Crippen molar-refractivity contribution in [3.8, 4) is 0 Å². The van der Waals surface area contributed by atoms with Crippen LogP contribution in [0.2, 0.25) is 0 Å². The van der Waals surface area contributed by atoms with Crippen LogP contribution in [0.15, 0.2) is 0 Å². The van der Waals surface area contributed by atoms with Crippen molar-refractivity contribution >= 4 is 18.2 Å². The number of nitrogens with one attached hydrogen (secondary N) is 1. The Morgan fingerprint density at radius 1 is 1.56 bits per heavy atom. The fourth-order valence-electron chi connectivity index (χ4n) is 0.561. The summed E-state index contributed by atoms with van der Waals surface area (Å²) in [6.07, 6.45) is 0. The molecule has 0 aromatic carbocycles. The van der Waals surface area contributed by atoms with Crippen molar-refractivity contribution in [1.82, 2.24) is 5.32 Å². The SMILES string of the molecule is Cl.O=C1CNCC1(F)F. The number of ketones is 1. The molecular formula is C4H6ClF2NO. The molecule has 5 heteroatoms. The molecule has 0 atom stereocenters. The molecule has 0 spiro atoms. The monoisotopic (exact) mass is 157 g/mol. The molecule has 1 aliphatic heterocycles. The summed E-state index contributed by atoms with van der Waals surface area (Å²) in [5.41, 5.74) is 0. The third-order valence-electron chi connectivity index (χ3n) is 1.04. The summed E-state index contributed by atoms with van der Waals surface area (Å²) in [6, 6.07) is 0. The van der Waals surface area contributed by atoms with Gasteiger partial charge in [-0.15, -0.1) is 12.4 Å². The van der Waals surface area contributed by atoms with E-state index in [1.54, 1.807) is 0 Å². The minimum absolute atomic E-state index is 0. The molecule has 1 aliphatic rings. The van der Waals surface area contributed by atoms with Gasteiger partial charge in [0.25, 0.3) is 0 Å². The lowest BCUT2D eigenvalue weighted by Gasteiger charge is -2.00. The number of alkyl halides is 2. The summed E-state index contributed by atoms with van der Waals surface area (Å²) in [5.74, 6) is -4.10. The Hall–Kier alpha value is -0.220. The number of halogens is 3. The minimum Gasteiger partial charge on any atom is -0.304 e. The van der Waals surface area contributed by atoms with Gasteiger partial charge < -0.3 is 5.32 Å². The van der Waals surface area contributed by atoms with E-state index in [-0.39, 0.29) is 19.0 Å². The average Bonchev–Trinajstić information content (AvgIpc) is 1.86. The Bertz CT molecular complexity index is 128. The molecule has 2 nitrogen and oxygen atoms in total. The molecule has 1 N–H and O–H groups in total. The van der Waals surface area contributed by atoms with Crippen LogP contribution in [0.25, 0.3) is 0 Å². The highest BCUT2D eigenvalue weighted by Crippen LogP contribution is 2.16. The first-order valence-electron chi connectivity index (χ1n) is 2.25. The Morgan fingerprint density at radius 2 is 2.11 bits per heavy atom. The molecule has 0 unspecified atom stereocenters. The lowest BCUT2D eigenvalue weighted by Crippen LogP contribution is -2.26. The fraction of sp³-hybridized carbons (Fsp3) is 0.750. The Kier molecular flexibility index (Phi) is 2.51. The molecule has 54 valence electrons. The van der Waals surface area contributed by atoms with Crippen molar-refractivity contribution in [3.63, 3.8) is 0 Å². The van der Waals surface area contributed by atoms with Crippen molar-refractivity contribution in [2.45, 2.75) is 5.92 Å². The average molecular weight is 158 g/mol. The van der Waals surface area contributed by atoms with Gasteiger partial charge in [-0.1, -0.05) is 0 Å². The molecule has 0 aromatic heterocycles. The molecule has 0 radical (unpaired) electrons. The topological polar surface area (TPSA) is 29.1 Å². The van der Waals surface area contributed by atoms with Crippen LogP contribution in [0.5, 0.6) is 0 Å². The van der Waals surface area contributed by atoms with Crippen molar-refractivity contribution in [2.75, 3.05) is 13.1 Å². The predicted molar refractivity (Wildman–Crippen MR) is 30.1 cm³/mol. The fourth-order valence-corrected chi connectivity index (χ4v) is 0.561. The number of Topliss-reactive ketones (excluding diaryl/α,β-unsaturated/α-hetero) is 1.